The summed E-state index contributed by atoms with van der Waals surface area (Å²) in [6, 6.07) is 0. The second-order valence-corrected chi connectivity index (χ2v) is 9.02. The van der Waals surface area contributed by atoms with Gasteiger partial charge in [0.1, 0.15) is 12.4 Å². The molecule has 0 aromatic carbocycles. The van der Waals surface area contributed by atoms with Gasteiger partial charge < -0.3 is 0 Å². The van der Waals surface area contributed by atoms with Crippen LogP contribution in [-0.4, -0.2) is 4.57 Å². The molecule has 0 amide bonds. The molecular weight excluding hydrogens is 328 g/mol. The van der Waals surface area contributed by atoms with Crippen molar-refractivity contribution in [3.05, 3.63) is 18.7 Å². The molecule has 0 unspecified atom stereocenters. The van der Waals surface area contributed by atoms with Crippen LogP contribution in [0.4, 0.5) is 0 Å². The predicted octanol–water partition coefficient (Wildman–Crippen LogP) is 7.69. The van der Waals surface area contributed by atoms with Gasteiger partial charge in [0.15, 0.2) is 0 Å². The molecule has 0 bridgehead atoms. The summed E-state index contributed by atoms with van der Waals surface area (Å²) in [6.07, 6.45) is 29.6. The van der Waals surface area contributed by atoms with Crippen molar-refractivity contribution in [1.29, 1.82) is 0 Å². The van der Waals surface area contributed by atoms with Crippen molar-refractivity contribution in [2.45, 2.75) is 137 Å². The maximum Gasteiger partial charge on any atom is 0.243 e. The fourth-order valence-corrected chi connectivity index (χ4v) is 3.78. The molecule has 1 heterocycles. The van der Waals surface area contributed by atoms with Crippen molar-refractivity contribution < 1.29 is 4.57 Å². The average molecular weight is 378 g/mol. The van der Waals surface area contributed by atoms with Crippen molar-refractivity contribution in [2.75, 3.05) is 0 Å². The van der Waals surface area contributed by atoms with Gasteiger partial charge in [-0.2, -0.15) is 0 Å². The van der Waals surface area contributed by atoms with Crippen LogP contribution in [0.25, 0.3) is 0 Å². The number of aryl methyl sites for hydroxylation is 2. The van der Waals surface area contributed by atoms with E-state index < -0.39 is 0 Å². The summed E-state index contributed by atoms with van der Waals surface area (Å²) in [6.45, 7) is 9.24. The molecule has 0 saturated carbocycles. The predicted molar refractivity (Wildman–Crippen MR) is 119 cm³/mol. The Labute approximate surface area is 170 Å². The molecule has 1 rings (SSSR count). The largest absolute Gasteiger partial charge is 0.243 e. The monoisotopic (exact) mass is 377 g/mol. The maximum atomic E-state index is 2.36. The summed E-state index contributed by atoms with van der Waals surface area (Å²) in [7, 11) is 0. The highest BCUT2D eigenvalue weighted by Gasteiger charge is 2.04. The summed E-state index contributed by atoms with van der Waals surface area (Å²) >= 11 is 0. The lowest BCUT2D eigenvalue weighted by atomic mass is 10.0. The molecule has 1 aromatic rings. The van der Waals surface area contributed by atoms with Gasteiger partial charge in [0.05, 0.1) is 13.1 Å². The fourth-order valence-electron chi connectivity index (χ4n) is 3.78. The number of aromatic nitrogens is 2. The van der Waals surface area contributed by atoms with Crippen LogP contribution in [0.2, 0.25) is 0 Å². The lowest BCUT2D eigenvalue weighted by molar-refractivity contribution is -0.696. The smallest absolute Gasteiger partial charge is 0.237 e. The SMILES string of the molecule is CCCCCCCCCCCCCCCCC[n+]1ccn(CCC(C)C)c1. The molecular formula is C25H49N2+. The van der Waals surface area contributed by atoms with E-state index in [4.69, 9.17) is 0 Å². The summed E-state index contributed by atoms with van der Waals surface area (Å²) in [4.78, 5) is 0. The summed E-state index contributed by atoms with van der Waals surface area (Å²) < 4.78 is 4.70. The number of unbranched alkanes of at least 4 members (excludes halogenated alkanes) is 14. The van der Waals surface area contributed by atoms with Gasteiger partial charge in [0, 0.05) is 0 Å². The molecule has 0 aliphatic rings. The highest BCUT2D eigenvalue weighted by Crippen LogP contribution is 2.13. The molecule has 158 valence electrons. The van der Waals surface area contributed by atoms with E-state index in [-0.39, 0.29) is 0 Å². The van der Waals surface area contributed by atoms with Crippen LogP contribution >= 0.6 is 0 Å². The molecule has 2 nitrogen and oxygen atoms in total. The van der Waals surface area contributed by atoms with Gasteiger partial charge in [-0.15, -0.1) is 0 Å². The first-order chi connectivity index (χ1) is 13.2. The highest BCUT2D eigenvalue weighted by molar-refractivity contribution is 4.66. The van der Waals surface area contributed by atoms with E-state index in [0.717, 1.165) is 12.5 Å². The molecule has 0 radical (unpaired) electrons. The Kier molecular flexibility index (Phi) is 15.6. The van der Waals surface area contributed by atoms with E-state index in [1.807, 2.05) is 0 Å². The van der Waals surface area contributed by atoms with E-state index in [1.54, 1.807) is 0 Å². The molecule has 2 heteroatoms. The third-order valence-corrected chi connectivity index (χ3v) is 5.73. The molecule has 0 atom stereocenters. The van der Waals surface area contributed by atoms with Gasteiger partial charge in [-0.05, 0) is 25.2 Å². The van der Waals surface area contributed by atoms with Gasteiger partial charge in [0.25, 0.3) is 0 Å². The lowest BCUT2D eigenvalue weighted by Crippen LogP contribution is -2.30. The zero-order valence-electron chi connectivity index (χ0n) is 18.9. The summed E-state index contributed by atoms with van der Waals surface area (Å²) in [5.41, 5.74) is 0. The topological polar surface area (TPSA) is 8.81 Å². The molecule has 0 aliphatic carbocycles. The average Bonchev–Trinajstić information content (AvgIpc) is 3.11. The Morgan fingerprint density at radius 3 is 1.67 bits per heavy atom. The van der Waals surface area contributed by atoms with E-state index >= 15 is 0 Å². The number of imidazole rings is 1. The van der Waals surface area contributed by atoms with Gasteiger partial charge in [-0.3, -0.25) is 0 Å². The molecule has 0 saturated heterocycles. The molecule has 0 fully saturated rings. The van der Waals surface area contributed by atoms with Crippen LogP contribution in [0.3, 0.4) is 0 Å². The summed E-state index contributed by atoms with van der Waals surface area (Å²) in [5.74, 6) is 0.788. The van der Waals surface area contributed by atoms with Gasteiger partial charge in [-0.1, -0.05) is 104 Å². The molecule has 1 aromatic heterocycles. The standard InChI is InChI=1S/C25H49N2/c1-4-5-6-7-8-9-10-11-12-13-14-15-16-17-18-20-26-22-23-27(24-26)21-19-25(2)3/h22-25H,4-21H2,1-3H3/q+1. The first-order valence-electron chi connectivity index (χ1n) is 12.3. The first-order valence-corrected chi connectivity index (χ1v) is 12.3. The Morgan fingerprint density at radius 2 is 1.19 bits per heavy atom. The fraction of sp³-hybridized carbons (Fsp3) is 0.880. The zero-order valence-corrected chi connectivity index (χ0v) is 18.9. The van der Waals surface area contributed by atoms with Crippen molar-refractivity contribution in [3.63, 3.8) is 0 Å². The second-order valence-electron chi connectivity index (χ2n) is 9.02. The van der Waals surface area contributed by atoms with Crippen LogP contribution in [0, 0.1) is 5.92 Å². The minimum atomic E-state index is 0.788. The van der Waals surface area contributed by atoms with Crippen LogP contribution in [0.15, 0.2) is 18.7 Å². The van der Waals surface area contributed by atoms with Crippen LogP contribution < -0.4 is 4.57 Å². The van der Waals surface area contributed by atoms with E-state index in [2.05, 4.69) is 48.6 Å². The minimum Gasteiger partial charge on any atom is -0.237 e. The molecule has 0 N–H and O–H groups in total. The van der Waals surface area contributed by atoms with Gasteiger partial charge in [0.2, 0.25) is 6.33 Å². The third-order valence-electron chi connectivity index (χ3n) is 5.73. The number of nitrogens with zero attached hydrogens (tertiary/aromatic N) is 2. The van der Waals surface area contributed by atoms with Crippen molar-refractivity contribution in [3.8, 4) is 0 Å². The summed E-state index contributed by atoms with van der Waals surface area (Å²) in [5, 5.41) is 0. The molecule has 27 heavy (non-hydrogen) atoms. The van der Waals surface area contributed by atoms with Crippen molar-refractivity contribution >= 4 is 0 Å². The third kappa shape index (κ3) is 14.9. The van der Waals surface area contributed by atoms with Crippen LogP contribution in [0.1, 0.15) is 124 Å². The molecule has 0 aliphatic heterocycles. The van der Waals surface area contributed by atoms with Crippen molar-refractivity contribution in [1.82, 2.24) is 4.57 Å². The van der Waals surface area contributed by atoms with Crippen LogP contribution in [-0.2, 0) is 13.1 Å². The number of hydrogen-bond acceptors (Lipinski definition) is 0. The number of hydrogen-bond donors (Lipinski definition) is 0. The molecule has 0 spiro atoms. The Morgan fingerprint density at radius 1 is 0.704 bits per heavy atom. The van der Waals surface area contributed by atoms with Crippen molar-refractivity contribution in [2.24, 2.45) is 5.92 Å². The second kappa shape index (κ2) is 17.3. The Bertz CT molecular complexity index is 422. The Balaban J connectivity index is 1.81. The van der Waals surface area contributed by atoms with E-state index in [1.165, 1.54) is 109 Å². The lowest BCUT2D eigenvalue weighted by Gasteiger charge is -2.03. The zero-order chi connectivity index (χ0) is 19.6. The van der Waals surface area contributed by atoms with Gasteiger partial charge in [-0.25, -0.2) is 9.13 Å². The van der Waals surface area contributed by atoms with Crippen LogP contribution in [0.5, 0.6) is 0 Å². The Hall–Kier alpha value is -0.790. The van der Waals surface area contributed by atoms with E-state index in [9.17, 15) is 0 Å². The van der Waals surface area contributed by atoms with E-state index in [0.29, 0.717) is 0 Å². The number of rotatable bonds is 19. The quantitative estimate of drug-likeness (QED) is 0.172. The normalized spacial score (nSPS) is 11.6. The minimum absolute atomic E-state index is 0.788. The maximum absolute atomic E-state index is 2.36. The van der Waals surface area contributed by atoms with Gasteiger partial charge >= 0.3 is 0 Å². The highest BCUT2D eigenvalue weighted by atomic mass is 15.1. The first kappa shape index (κ1) is 24.2.